The van der Waals surface area contributed by atoms with Crippen molar-refractivity contribution in [1.29, 1.82) is 5.26 Å². The summed E-state index contributed by atoms with van der Waals surface area (Å²) in [4.78, 5) is 0.387. The summed E-state index contributed by atoms with van der Waals surface area (Å²) >= 11 is 0.106. The van der Waals surface area contributed by atoms with E-state index in [4.69, 9.17) is 11.0 Å². The molecule has 0 aliphatic carbocycles. The zero-order chi connectivity index (χ0) is 16.8. The van der Waals surface area contributed by atoms with Gasteiger partial charge in [0.15, 0.2) is 0 Å². The maximum Gasteiger partial charge on any atom is 0.316 e. The van der Waals surface area contributed by atoms with E-state index in [0.717, 1.165) is 22.4 Å². The van der Waals surface area contributed by atoms with E-state index >= 15 is 0 Å². The van der Waals surface area contributed by atoms with E-state index in [1.165, 1.54) is 0 Å². The zero-order valence-electron chi connectivity index (χ0n) is 12.6. The Morgan fingerprint density at radius 3 is 2.91 bits per heavy atom. The first-order valence-electron chi connectivity index (χ1n) is 6.85. The second kappa shape index (κ2) is 7.61. The molecule has 116 valence electrons. The molecule has 23 heavy (non-hydrogen) atoms. The molecule has 2 heterocycles. The van der Waals surface area contributed by atoms with Crippen molar-refractivity contribution in [2.75, 3.05) is 0 Å². The Bertz CT molecular complexity index is 795. The Morgan fingerprint density at radius 1 is 1.48 bits per heavy atom. The third kappa shape index (κ3) is 3.79. The van der Waals surface area contributed by atoms with Crippen LogP contribution < -0.4 is 15.7 Å². The minimum Gasteiger partial charge on any atom is -0.360 e. The van der Waals surface area contributed by atoms with Crippen LogP contribution in [0.5, 0.6) is 0 Å². The Kier molecular flexibility index (Phi) is 5.56. The predicted molar refractivity (Wildman–Crippen MR) is 93.5 cm³/mol. The Balaban J connectivity index is 0.000000168. The zero-order valence-corrected chi connectivity index (χ0v) is 13.4. The molecule has 0 spiro atoms. The van der Waals surface area contributed by atoms with Crippen molar-refractivity contribution in [1.82, 2.24) is 9.98 Å². The second-order valence-electron chi connectivity index (χ2n) is 4.90. The van der Waals surface area contributed by atoms with Crippen LogP contribution in [0.3, 0.4) is 0 Å². The van der Waals surface area contributed by atoms with Crippen LogP contribution in [0.25, 0.3) is 0 Å². The number of hydrogen-bond acceptors (Lipinski definition) is 4. The number of hydrogen-bond donors (Lipinski definition) is 2. The fourth-order valence-electron chi connectivity index (χ4n) is 2.20. The van der Waals surface area contributed by atoms with E-state index in [-0.39, 0.29) is 18.3 Å². The number of nitrogens with two attached hydrogens (primary N) is 1. The molecule has 3 rings (SSSR count). The largest absolute Gasteiger partial charge is 0.360 e. The molecule has 0 saturated heterocycles. The summed E-state index contributed by atoms with van der Waals surface area (Å²) in [6, 6.07) is 6.99. The monoisotopic (exact) mass is 327 g/mol. The van der Waals surface area contributed by atoms with Gasteiger partial charge in [-0.15, -0.1) is 0 Å². The van der Waals surface area contributed by atoms with E-state index in [0.29, 0.717) is 10.5 Å². The van der Waals surface area contributed by atoms with E-state index in [2.05, 4.69) is 16.6 Å². The second-order valence-corrected chi connectivity index (χ2v) is 5.50. The van der Waals surface area contributed by atoms with Gasteiger partial charge in [-0.25, -0.2) is 0 Å². The van der Waals surface area contributed by atoms with Crippen LogP contribution in [-0.2, 0) is 0 Å². The summed E-state index contributed by atoms with van der Waals surface area (Å²) in [5, 5.41) is 11.7. The Labute approximate surface area is 138 Å². The Hall–Kier alpha value is -2.58. The first-order chi connectivity index (χ1) is 11.1. The van der Waals surface area contributed by atoms with Gasteiger partial charge in [0.1, 0.15) is 17.9 Å². The van der Waals surface area contributed by atoms with Crippen LogP contribution in [0.15, 0.2) is 58.7 Å². The summed E-state index contributed by atoms with van der Waals surface area (Å²) in [6.07, 6.45) is 7.12. The molecule has 0 amide bonds. The summed E-state index contributed by atoms with van der Waals surface area (Å²) in [6.45, 7) is 5.50. The van der Waals surface area contributed by atoms with Crippen LogP contribution >= 0.6 is 12.1 Å². The molecule has 0 bridgehead atoms. The fraction of sp³-hybridized carbons (Fsp3) is 0.118. The van der Waals surface area contributed by atoms with Gasteiger partial charge in [-0.3, -0.25) is 0 Å². The Morgan fingerprint density at radius 2 is 2.26 bits per heavy atom. The number of nitriles is 1. The van der Waals surface area contributed by atoms with Crippen LogP contribution in [0.4, 0.5) is 3.89 Å². The number of rotatable bonds is 2. The van der Waals surface area contributed by atoms with Crippen LogP contribution in [0.2, 0.25) is 0 Å². The van der Waals surface area contributed by atoms with Gasteiger partial charge in [-0.05, 0) is 24.6 Å². The lowest BCUT2D eigenvalue weighted by Gasteiger charge is -2.05. The van der Waals surface area contributed by atoms with Crippen LogP contribution in [0.1, 0.15) is 11.1 Å². The van der Waals surface area contributed by atoms with Crippen molar-refractivity contribution in [2.45, 2.75) is 18.0 Å². The van der Waals surface area contributed by atoms with Gasteiger partial charge in [0.2, 0.25) is 0 Å². The topological polar surface area (TPSA) is 75.9 Å². The maximum absolute atomic E-state index is 12.1. The van der Waals surface area contributed by atoms with Crippen molar-refractivity contribution in [3.63, 3.8) is 0 Å². The molecule has 1 aromatic rings. The van der Waals surface area contributed by atoms with Gasteiger partial charge in [-0.2, -0.15) is 9.15 Å². The molecule has 0 saturated carbocycles. The summed E-state index contributed by atoms with van der Waals surface area (Å²) < 4.78 is 16.1. The highest BCUT2D eigenvalue weighted by Crippen LogP contribution is 2.23. The lowest BCUT2D eigenvalue weighted by atomic mass is 10.1. The van der Waals surface area contributed by atoms with Gasteiger partial charge in [0, 0.05) is 5.57 Å². The van der Waals surface area contributed by atoms with E-state index in [9.17, 15) is 3.89 Å². The van der Waals surface area contributed by atoms with Gasteiger partial charge < -0.3 is 11.1 Å². The van der Waals surface area contributed by atoms with Crippen molar-refractivity contribution >= 4 is 24.6 Å². The average molecular weight is 327 g/mol. The van der Waals surface area contributed by atoms with Crippen molar-refractivity contribution < 1.29 is 3.89 Å². The summed E-state index contributed by atoms with van der Waals surface area (Å²) in [5.74, 6) is 0. The highest BCUT2D eigenvalue weighted by molar-refractivity contribution is 7.94. The quantitative estimate of drug-likeness (QED) is 0.817. The molecule has 1 unspecified atom stereocenters. The molecule has 3 N–H and O–H groups in total. The molecule has 4 nitrogen and oxygen atoms in total. The molecular formula is C17H16FN4S+. The van der Waals surface area contributed by atoms with Crippen LogP contribution in [-0.4, -0.2) is 18.6 Å². The van der Waals surface area contributed by atoms with Gasteiger partial charge >= 0.3 is 12.4 Å². The number of halogens is 1. The van der Waals surface area contributed by atoms with Gasteiger partial charge in [0.05, 0.1) is 28.2 Å². The summed E-state index contributed by atoms with van der Waals surface area (Å²) in [5.41, 5.74) is 10.3. The molecule has 1 aromatic carbocycles. The average Bonchev–Trinajstić information content (AvgIpc) is 3.11. The third-order valence-electron chi connectivity index (χ3n) is 3.29. The van der Waals surface area contributed by atoms with Crippen LogP contribution in [0, 0.1) is 18.3 Å². The molecule has 0 aromatic heterocycles. The third-order valence-corrected chi connectivity index (χ3v) is 3.81. The van der Waals surface area contributed by atoms with E-state index < -0.39 is 0 Å². The maximum atomic E-state index is 12.1. The summed E-state index contributed by atoms with van der Waals surface area (Å²) in [7, 11) is 0. The van der Waals surface area contributed by atoms with E-state index in [1.807, 2.05) is 25.3 Å². The molecular weight excluding hydrogens is 311 g/mol. The highest BCUT2D eigenvalue weighted by Gasteiger charge is 2.30. The molecule has 6 heteroatoms. The number of nitrogens with one attached hydrogen (secondary N) is 1. The number of aryl methyl sites for hydroxylation is 1. The van der Waals surface area contributed by atoms with Gasteiger partial charge in [0.25, 0.3) is 0 Å². The minimum absolute atomic E-state index is 0.106. The lowest BCUT2D eigenvalue weighted by molar-refractivity contribution is 0.729. The van der Waals surface area contributed by atoms with Gasteiger partial charge in [-0.1, -0.05) is 29.5 Å². The lowest BCUT2D eigenvalue weighted by Crippen LogP contribution is -2.33. The number of nitrogens with zero attached hydrogens (tertiary/aromatic N) is 2. The molecule has 0 radical (unpaired) electrons. The molecule has 2 aliphatic heterocycles. The SMILES string of the molecule is C=C/C=C1/C2=C(C=[N+]=C2)NC1N.Cc1ccc(SF)c(C#N)c1. The highest BCUT2D eigenvalue weighted by atomic mass is 32.2. The normalized spacial score (nSPS) is 19.0. The molecule has 2 aliphatic rings. The fourth-order valence-corrected chi connectivity index (χ4v) is 2.51. The number of allylic oxidation sites excluding steroid dienone is 3. The molecule has 1 atom stereocenters. The number of benzene rings is 1. The molecule has 0 fully saturated rings. The van der Waals surface area contributed by atoms with Crippen molar-refractivity contribution in [2.24, 2.45) is 5.73 Å². The predicted octanol–water partition coefficient (Wildman–Crippen LogP) is 2.31. The smallest absolute Gasteiger partial charge is 0.316 e. The first kappa shape index (κ1) is 16.8. The van der Waals surface area contributed by atoms with E-state index in [1.54, 1.807) is 30.5 Å². The first-order valence-corrected chi connectivity index (χ1v) is 7.57. The minimum atomic E-state index is -0.115. The van der Waals surface area contributed by atoms with Crippen molar-refractivity contribution in [3.8, 4) is 6.07 Å². The van der Waals surface area contributed by atoms with Crippen molar-refractivity contribution in [3.05, 3.63) is 64.9 Å². The standard InChI is InChI=1S/C9H9N3.C8H6FNS/c1-2-3-6-7-4-11-5-8(7)12-9(6)10;1-6-2-3-8(11-9)7(4-6)5-10/h2-5,9H,1,10H2;2-4H,1H3/p+1/b6-3-;.